The average molecular weight is 257 g/mol. The Hall–Kier alpha value is -2.02. The van der Waals surface area contributed by atoms with Gasteiger partial charge in [0, 0.05) is 0 Å². The molecule has 7 heteroatoms. The number of ether oxygens (including phenoxy) is 1. The summed E-state index contributed by atoms with van der Waals surface area (Å²) in [6.45, 7) is -0.278. The van der Waals surface area contributed by atoms with Gasteiger partial charge in [0.1, 0.15) is 12.3 Å². The zero-order valence-corrected chi connectivity index (χ0v) is 9.82. The summed E-state index contributed by atoms with van der Waals surface area (Å²) in [6.07, 6.45) is 0. The highest BCUT2D eigenvalue weighted by Gasteiger charge is 2.05. The maximum Gasteiger partial charge on any atom is 0.322 e. The Morgan fingerprint density at radius 3 is 2.76 bits per heavy atom. The zero-order valence-electron chi connectivity index (χ0n) is 9.00. The van der Waals surface area contributed by atoms with Gasteiger partial charge in [0.15, 0.2) is 0 Å². The van der Waals surface area contributed by atoms with Crippen LogP contribution in [0.25, 0.3) is 0 Å². The van der Waals surface area contributed by atoms with E-state index in [1.807, 2.05) is 0 Å². The van der Waals surface area contributed by atoms with Crippen molar-refractivity contribution in [3.05, 3.63) is 23.8 Å². The molecule has 17 heavy (non-hydrogen) atoms. The quantitative estimate of drug-likeness (QED) is 0.733. The van der Waals surface area contributed by atoms with Gasteiger partial charge in [-0.25, -0.2) is 0 Å². The summed E-state index contributed by atoms with van der Waals surface area (Å²) in [5, 5.41) is 12.2. The van der Waals surface area contributed by atoms with Gasteiger partial charge in [0.25, 0.3) is 0 Å². The van der Waals surface area contributed by atoms with Crippen LogP contribution in [0.3, 0.4) is 0 Å². The van der Waals surface area contributed by atoms with Crippen LogP contribution < -0.4 is 10.1 Å². The molecule has 0 spiro atoms. The van der Waals surface area contributed by atoms with Crippen LogP contribution in [0.1, 0.15) is 5.56 Å². The molecule has 1 aromatic carbocycles. The number of hydrogen-bond acceptors (Lipinski definition) is 5. The molecule has 0 atom stereocenters. The van der Waals surface area contributed by atoms with E-state index in [1.165, 1.54) is 13.2 Å². The monoisotopic (exact) mass is 257 g/mol. The van der Waals surface area contributed by atoms with Crippen molar-refractivity contribution >= 4 is 27.3 Å². The maximum atomic E-state index is 10.5. The van der Waals surface area contributed by atoms with Crippen molar-refractivity contribution in [1.29, 1.82) is 0 Å². The van der Waals surface area contributed by atoms with Crippen LogP contribution in [0.4, 0.5) is 5.69 Å². The lowest BCUT2D eigenvalue weighted by atomic mass is 10.2. The van der Waals surface area contributed by atoms with Gasteiger partial charge in [0.2, 0.25) is 10.3 Å². The summed E-state index contributed by atoms with van der Waals surface area (Å²) in [5.74, 6) is -0.575. The van der Waals surface area contributed by atoms with Gasteiger partial charge in [-0.15, -0.1) is 0 Å². The minimum absolute atomic E-state index is 0.278. The van der Waals surface area contributed by atoms with E-state index in [9.17, 15) is 13.2 Å². The number of methoxy groups -OCH3 is 1. The fourth-order valence-electron chi connectivity index (χ4n) is 1.22. The maximum absolute atomic E-state index is 10.5. The molecule has 6 nitrogen and oxygen atoms in total. The lowest BCUT2D eigenvalue weighted by Gasteiger charge is -2.09. The van der Waals surface area contributed by atoms with Crippen molar-refractivity contribution < 1.29 is 23.1 Å². The average Bonchev–Trinajstić information content (AvgIpc) is 2.25. The second-order valence-electron chi connectivity index (χ2n) is 3.09. The number of rotatable bonds is 5. The van der Waals surface area contributed by atoms with Gasteiger partial charge < -0.3 is 15.2 Å². The topological polar surface area (TPSA) is 92.7 Å². The Kier molecular flexibility index (Phi) is 4.53. The second-order valence-corrected chi connectivity index (χ2v) is 3.84. The van der Waals surface area contributed by atoms with Crippen LogP contribution in [-0.4, -0.2) is 38.5 Å². The highest BCUT2D eigenvalue weighted by Crippen LogP contribution is 2.24. The molecule has 0 aromatic heterocycles. The standard InChI is InChI=1S/C10H11NO5S/c1-16-9-3-2-7(6-17(14)15)4-8(9)11-5-10(12)13/h2-4,6,11H,5H2,1H3,(H,12,13). The summed E-state index contributed by atoms with van der Waals surface area (Å²) in [6, 6.07) is 4.61. The Morgan fingerprint density at radius 2 is 2.24 bits per heavy atom. The first-order valence-corrected chi connectivity index (χ1v) is 5.73. The molecular formula is C10H11NO5S. The van der Waals surface area contributed by atoms with E-state index >= 15 is 0 Å². The Balaban J connectivity index is 3.06. The molecule has 2 N–H and O–H groups in total. The molecular weight excluding hydrogens is 246 g/mol. The van der Waals surface area contributed by atoms with E-state index in [1.54, 1.807) is 12.1 Å². The highest BCUT2D eigenvalue weighted by molar-refractivity contribution is 7.71. The molecule has 0 amide bonds. The summed E-state index contributed by atoms with van der Waals surface area (Å²) < 4.78 is 26.0. The lowest BCUT2D eigenvalue weighted by molar-refractivity contribution is -0.134. The first-order valence-electron chi connectivity index (χ1n) is 4.59. The summed E-state index contributed by atoms with van der Waals surface area (Å²) in [4.78, 5) is 10.4. The van der Waals surface area contributed by atoms with E-state index in [4.69, 9.17) is 9.84 Å². The number of anilines is 1. The molecule has 0 unspecified atom stereocenters. The Bertz CT molecular complexity index is 542. The molecule has 0 heterocycles. The van der Waals surface area contributed by atoms with E-state index in [2.05, 4.69) is 5.32 Å². The van der Waals surface area contributed by atoms with Gasteiger partial charge in [-0.3, -0.25) is 4.79 Å². The number of aliphatic carboxylic acids is 1. The second kappa shape index (κ2) is 5.90. The summed E-state index contributed by atoms with van der Waals surface area (Å²) in [7, 11) is -0.865. The number of carbonyl (C=O) groups is 1. The van der Waals surface area contributed by atoms with Crippen molar-refractivity contribution in [1.82, 2.24) is 0 Å². The van der Waals surface area contributed by atoms with Crippen molar-refractivity contribution in [2.24, 2.45) is 0 Å². The van der Waals surface area contributed by atoms with Crippen LogP contribution in [-0.2, 0) is 15.1 Å². The largest absolute Gasteiger partial charge is 0.495 e. The summed E-state index contributed by atoms with van der Waals surface area (Å²) in [5.41, 5.74) is 0.862. The van der Waals surface area contributed by atoms with Gasteiger partial charge in [-0.2, -0.15) is 8.42 Å². The van der Waals surface area contributed by atoms with Crippen molar-refractivity contribution in [3.63, 3.8) is 0 Å². The molecule has 0 aliphatic carbocycles. The number of hydrogen-bond donors (Lipinski definition) is 2. The molecule has 0 saturated carbocycles. The SMILES string of the molecule is COc1ccc(C=S(=O)=O)cc1NCC(=O)O. The Morgan fingerprint density at radius 1 is 1.53 bits per heavy atom. The zero-order chi connectivity index (χ0) is 12.8. The third kappa shape index (κ3) is 4.15. The van der Waals surface area contributed by atoms with Crippen molar-refractivity contribution in [2.75, 3.05) is 19.0 Å². The minimum Gasteiger partial charge on any atom is -0.495 e. The van der Waals surface area contributed by atoms with Crippen LogP contribution in [0.5, 0.6) is 5.75 Å². The van der Waals surface area contributed by atoms with Crippen LogP contribution in [0, 0.1) is 0 Å². The number of carboxylic acids is 1. The van der Waals surface area contributed by atoms with Gasteiger partial charge in [0.05, 0.1) is 18.2 Å². The number of nitrogens with one attached hydrogen (secondary N) is 1. The van der Waals surface area contributed by atoms with E-state index in [-0.39, 0.29) is 6.54 Å². The predicted molar refractivity (Wildman–Crippen MR) is 63.2 cm³/mol. The van der Waals surface area contributed by atoms with Crippen LogP contribution in [0.15, 0.2) is 18.2 Å². The molecule has 1 rings (SSSR count). The minimum atomic E-state index is -2.31. The Labute approximate surface area is 99.4 Å². The third-order valence-electron chi connectivity index (χ3n) is 1.89. The smallest absolute Gasteiger partial charge is 0.322 e. The first-order chi connectivity index (χ1) is 8.02. The molecule has 92 valence electrons. The predicted octanol–water partition coefficient (Wildman–Crippen LogP) is 0.221. The fourth-order valence-corrected chi connectivity index (χ4v) is 1.59. The van der Waals surface area contributed by atoms with Gasteiger partial charge in [-0.1, -0.05) is 6.07 Å². The van der Waals surface area contributed by atoms with Gasteiger partial charge >= 0.3 is 5.97 Å². The van der Waals surface area contributed by atoms with Crippen molar-refractivity contribution in [2.45, 2.75) is 0 Å². The van der Waals surface area contributed by atoms with Gasteiger partial charge in [-0.05, 0) is 17.7 Å². The molecule has 1 aromatic rings. The lowest BCUT2D eigenvalue weighted by Crippen LogP contribution is -2.13. The molecule has 0 fully saturated rings. The molecule has 0 aliphatic rings. The number of carboxylic acid groups (broad SMARTS) is 1. The normalized spacial score (nSPS) is 9.47. The van der Waals surface area contributed by atoms with E-state index in [0.29, 0.717) is 17.0 Å². The third-order valence-corrected chi connectivity index (χ3v) is 2.35. The first kappa shape index (κ1) is 13.0. The fraction of sp³-hybridized carbons (Fsp3) is 0.200. The number of benzene rings is 1. The van der Waals surface area contributed by atoms with Crippen molar-refractivity contribution in [3.8, 4) is 5.75 Å². The molecule has 0 radical (unpaired) electrons. The van der Waals surface area contributed by atoms with Crippen LogP contribution in [0.2, 0.25) is 0 Å². The van der Waals surface area contributed by atoms with Crippen LogP contribution >= 0.6 is 0 Å². The molecule has 0 aliphatic heterocycles. The molecule has 0 bridgehead atoms. The van der Waals surface area contributed by atoms with E-state index < -0.39 is 16.3 Å². The molecule has 0 saturated heterocycles. The summed E-state index contributed by atoms with van der Waals surface area (Å²) >= 11 is 0. The van der Waals surface area contributed by atoms with E-state index in [0.717, 1.165) is 5.37 Å². The highest BCUT2D eigenvalue weighted by atomic mass is 32.2.